The summed E-state index contributed by atoms with van der Waals surface area (Å²) in [4.78, 5) is 2.74. The fourth-order valence-corrected chi connectivity index (χ4v) is 4.99. The number of benzene rings is 1. The lowest BCUT2D eigenvalue weighted by molar-refractivity contribution is -0.00515. The van der Waals surface area contributed by atoms with Crippen molar-refractivity contribution in [2.24, 2.45) is 0 Å². The molecule has 1 aliphatic heterocycles. The SMILES string of the molecule is COc1ccccc1C1CCN(C2CCCCCCCCC2)CC1OC. The summed E-state index contributed by atoms with van der Waals surface area (Å²) in [6.45, 7) is 2.25. The number of likely N-dealkylation sites (tertiary alicyclic amines) is 1. The molecule has 0 amide bonds. The highest BCUT2D eigenvalue weighted by atomic mass is 16.5. The molecule has 3 rings (SSSR count). The zero-order chi connectivity index (χ0) is 18.2. The summed E-state index contributed by atoms with van der Waals surface area (Å²) in [7, 11) is 3.65. The van der Waals surface area contributed by atoms with Gasteiger partial charge in [-0.1, -0.05) is 63.1 Å². The van der Waals surface area contributed by atoms with E-state index >= 15 is 0 Å². The molecule has 26 heavy (non-hydrogen) atoms. The van der Waals surface area contributed by atoms with Crippen LogP contribution in [0.15, 0.2) is 24.3 Å². The van der Waals surface area contributed by atoms with Crippen LogP contribution in [0.4, 0.5) is 0 Å². The second kappa shape index (κ2) is 10.3. The van der Waals surface area contributed by atoms with Gasteiger partial charge in [0.25, 0.3) is 0 Å². The molecule has 1 saturated heterocycles. The Kier molecular flexibility index (Phi) is 7.82. The fraction of sp³-hybridized carbons (Fsp3) is 0.739. The normalized spacial score (nSPS) is 27.2. The van der Waals surface area contributed by atoms with E-state index < -0.39 is 0 Å². The number of hydrogen-bond donors (Lipinski definition) is 0. The van der Waals surface area contributed by atoms with Crippen molar-refractivity contribution in [2.45, 2.75) is 82.3 Å². The predicted octanol–water partition coefficient (Wildman–Crippen LogP) is 5.39. The van der Waals surface area contributed by atoms with E-state index in [9.17, 15) is 0 Å². The highest BCUT2D eigenvalue weighted by Crippen LogP contribution is 2.37. The van der Waals surface area contributed by atoms with Crippen molar-refractivity contribution in [2.75, 3.05) is 27.3 Å². The van der Waals surface area contributed by atoms with Crippen LogP contribution >= 0.6 is 0 Å². The Labute approximate surface area is 160 Å². The highest BCUT2D eigenvalue weighted by Gasteiger charge is 2.34. The van der Waals surface area contributed by atoms with Gasteiger partial charge in [0, 0.05) is 25.6 Å². The van der Waals surface area contributed by atoms with Crippen molar-refractivity contribution in [1.29, 1.82) is 0 Å². The maximum absolute atomic E-state index is 5.98. The molecule has 0 spiro atoms. The largest absolute Gasteiger partial charge is 0.496 e. The lowest BCUT2D eigenvalue weighted by Gasteiger charge is -2.42. The van der Waals surface area contributed by atoms with E-state index in [1.165, 1.54) is 69.9 Å². The fourth-order valence-electron chi connectivity index (χ4n) is 4.99. The first kappa shape index (κ1) is 19.7. The molecular weight excluding hydrogens is 322 g/mol. The van der Waals surface area contributed by atoms with E-state index in [1.54, 1.807) is 7.11 Å². The Bertz CT molecular complexity index is 523. The van der Waals surface area contributed by atoms with E-state index in [-0.39, 0.29) is 6.10 Å². The maximum Gasteiger partial charge on any atom is 0.122 e. The zero-order valence-electron chi connectivity index (χ0n) is 16.8. The molecule has 2 aliphatic rings. The summed E-state index contributed by atoms with van der Waals surface area (Å²) in [5.41, 5.74) is 1.31. The summed E-state index contributed by atoms with van der Waals surface area (Å²) < 4.78 is 11.6. The molecule has 1 aromatic rings. The molecule has 0 radical (unpaired) electrons. The molecule has 146 valence electrons. The summed E-state index contributed by atoms with van der Waals surface area (Å²) in [6.07, 6.45) is 14.1. The number of hydrogen-bond acceptors (Lipinski definition) is 3. The summed E-state index contributed by atoms with van der Waals surface area (Å²) >= 11 is 0. The average molecular weight is 360 g/mol. The summed E-state index contributed by atoms with van der Waals surface area (Å²) in [5, 5.41) is 0. The van der Waals surface area contributed by atoms with Crippen LogP contribution in [0.2, 0.25) is 0 Å². The molecule has 1 aromatic carbocycles. The molecule has 2 atom stereocenters. The smallest absolute Gasteiger partial charge is 0.122 e. The van der Waals surface area contributed by atoms with E-state index in [2.05, 4.69) is 29.2 Å². The maximum atomic E-state index is 5.98. The van der Waals surface area contributed by atoms with E-state index in [0.717, 1.165) is 24.8 Å². The van der Waals surface area contributed by atoms with Gasteiger partial charge in [0.05, 0.1) is 13.2 Å². The predicted molar refractivity (Wildman–Crippen MR) is 108 cm³/mol. The Hall–Kier alpha value is -1.06. The Morgan fingerprint density at radius 1 is 0.846 bits per heavy atom. The van der Waals surface area contributed by atoms with E-state index in [4.69, 9.17) is 9.47 Å². The van der Waals surface area contributed by atoms with E-state index in [0.29, 0.717) is 5.92 Å². The van der Waals surface area contributed by atoms with Crippen molar-refractivity contribution in [3.8, 4) is 5.75 Å². The molecule has 2 unspecified atom stereocenters. The Balaban J connectivity index is 1.66. The third-order valence-corrected chi connectivity index (χ3v) is 6.52. The first-order chi connectivity index (χ1) is 12.8. The van der Waals surface area contributed by atoms with Gasteiger partial charge in [0.2, 0.25) is 0 Å². The Morgan fingerprint density at radius 3 is 2.15 bits per heavy atom. The molecular formula is C23H37NO2. The molecule has 1 heterocycles. The topological polar surface area (TPSA) is 21.7 Å². The van der Waals surface area contributed by atoms with Crippen molar-refractivity contribution in [3.63, 3.8) is 0 Å². The zero-order valence-corrected chi connectivity index (χ0v) is 16.8. The molecule has 0 aromatic heterocycles. The molecule has 0 N–H and O–H groups in total. The lowest BCUT2D eigenvalue weighted by Crippen LogP contribution is -2.48. The first-order valence-electron chi connectivity index (χ1n) is 10.7. The molecule has 1 aliphatic carbocycles. The van der Waals surface area contributed by atoms with Gasteiger partial charge in [-0.25, -0.2) is 0 Å². The number of ether oxygens (including phenoxy) is 2. The standard InChI is InChI=1S/C23H37NO2/c1-25-22-15-11-10-14-20(22)21-16-17-24(18-23(21)26-2)19-12-8-6-4-3-5-7-9-13-19/h10-11,14-15,19,21,23H,3-9,12-13,16-18H2,1-2H3. The van der Waals surface area contributed by atoms with Crippen molar-refractivity contribution in [3.05, 3.63) is 29.8 Å². The minimum absolute atomic E-state index is 0.260. The first-order valence-corrected chi connectivity index (χ1v) is 10.7. The van der Waals surface area contributed by atoms with Gasteiger partial charge >= 0.3 is 0 Å². The third-order valence-electron chi connectivity index (χ3n) is 6.52. The Morgan fingerprint density at radius 2 is 1.50 bits per heavy atom. The van der Waals surface area contributed by atoms with Crippen LogP contribution in [0, 0.1) is 0 Å². The van der Waals surface area contributed by atoms with Gasteiger partial charge in [-0.15, -0.1) is 0 Å². The van der Waals surface area contributed by atoms with Gasteiger partial charge in [0.1, 0.15) is 5.75 Å². The van der Waals surface area contributed by atoms with Crippen molar-refractivity contribution >= 4 is 0 Å². The van der Waals surface area contributed by atoms with Crippen LogP contribution in [-0.2, 0) is 4.74 Å². The molecule has 1 saturated carbocycles. The van der Waals surface area contributed by atoms with Crippen LogP contribution in [0.3, 0.4) is 0 Å². The number of piperidine rings is 1. The number of rotatable bonds is 4. The van der Waals surface area contributed by atoms with Gasteiger partial charge in [-0.05, 0) is 37.4 Å². The van der Waals surface area contributed by atoms with Crippen molar-refractivity contribution < 1.29 is 9.47 Å². The molecule has 3 heteroatoms. The quantitative estimate of drug-likeness (QED) is 0.719. The second-order valence-corrected chi connectivity index (χ2v) is 8.11. The average Bonchev–Trinajstić information content (AvgIpc) is 2.71. The minimum atomic E-state index is 0.260. The van der Waals surface area contributed by atoms with Crippen LogP contribution in [-0.4, -0.2) is 44.4 Å². The third kappa shape index (κ3) is 5.01. The van der Waals surface area contributed by atoms with Crippen LogP contribution < -0.4 is 4.74 Å². The van der Waals surface area contributed by atoms with Gasteiger partial charge in [0.15, 0.2) is 0 Å². The van der Waals surface area contributed by atoms with Crippen molar-refractivity contribution in [1.82, 2.24) is 4.90 Å². The van der Waals surface area contributed by atoms with Crippen LogP contribution in [0.25, 0.3) is 0 Å². The lowest BCUT2D eigenvalue weighted by atomic mass is 9.85. The molecule has 0 bridgehead atoms. The van der Waals surface area contributed by atoms with E-state index in [1.807, 2.05) is 7.11 Å². The minimum Gasteiger partial charge on any atom is -0.496 e. The number of para-hydroxylation sites is 1. The van der Waals surface area contributed by atoms with Gasteiger partial charge in [-0.3, -0.25) is 4.90 Å². The van der Waals surface area contributed by atoms with Crippen LogP contribution in [0.5, 0.6) is 5.75 Å². The molecule has 2 fully saturated rings. The number of methoxy groups -OCH3 is 2. The summed E-state index contributed by atoms with van der Waals surface area (Å²) in [6, 6.07) is 9.23. The number of nitrogens with zero attached hydrogens (tertiary/aromatic N) is 1. The second-order valence-electron chi connectivity index (χ2n) is 8.11. The van der Waals surface area contributed by atoms with Crippen LogP contribution in [0.1, 0.15) is 75.7 Å². The molecule has 3 nitrogen and oxygen atoms in total. The monoisotopic (exact) mass is 359 g/mol. The summed E-state index contributed by atoms with van der Waals surface area (Å²) in [5.74, 6) is 1.44. The highest BCUT2D eigenvalue weighted by molar-refractivity contribution is 5.37. The van der Waals surface area contributed by atoms with Gasteiger partial charge < -0.3 is 9.47 Å². The van der Waals surface area contributed by atoms with Gasteiger partial charge in [-0.2, -0.15) is 0 Å².